The van der Waals surface area contributed by atoms with Crippen LogP contribution in [0.2, 0.25) is 0 Å². The molecule has 0 saturated carbocycles. The minimum absolute atomic E-state index is 0. The van der Waals surface area contributed by atoms with Gasteiger partial charge in [-0.15, -0.1) is 0 Å². The SMILES string of the molecule is C.C=O.CC(C)(C)OC(=O)N1CCC(n2cc(-c3cnc4c(c3)c(-c3ccc(OC5CCOCC5)c(C#N)c3)cn4S(=O)(=O)c3ccccc3)cn2)CC1.CN1CCC(n2cc(-c3cnc4[nH]cc(-c5ccc(OC6CCOCC6)c(C#N)c5)c4c3)cn2)CC1.CN1CCC(n2cc(-c3cnc4c(c3)c(-c3ccc(OC5CCOCC5)c(C#N)c3)cn4S(=O)(=O)c3ccccc3)cn2)CC1.O=CO.O=CO[O-].[Cs+].[Cs+].[H-]. The third kappa shape index (κ3) is 27.4. The molecular weight excluding hydrogens is 2120 g/mol. The number of amides is 1. The Kier molecular flexibility index (Phi) is 40.9. The predicted octanol–water partition coefficient (Wildman–Crippen LogP) is 9.80. The number of rotatable bonds is 20. The van der Waals surface area contributed by atoms with Gasteiger partial charge in [-0.3, -0.25) is 23.6 Å². The van der Waals surface area contributed by atoms with Gasteiger partial charge in [-0.1, -0.05) is 62.0 Å². The number of carboxylic acid groups (broad SMARTS) is 1. The number of likely N-dealkylation sites (tertiary alicyclic amines) is 3. The van der Waals surface area contributed by atoms with Gasteiger partial charge in [0.1, 0.15) is 71.8 Å². The van der Waals surface area contributed by atoms with Crippen molar-refractivity contribution < 1.29 is 224 Å². The van der Waals surface area contributed by atoms with E-state index in [0.29, 0.717) is 137 Å². The van der Waals surface area contributed by atoms with Gasteiger partial charge in [0.2, 0.25) is 0 Å². The van der Waals surface area contributed by atoms with E-state index in [1.807, 2.05) is 117 Å². The minimum atomic E-state index is -4.01. The number of benzene rings is 5. The van der Waals surface area contributed by atoms with Gasteiger partial charge < -0.3 is 74.3 Å². The average Bonchev–Trinajstić information content (AvgIpc) is 1.59. The van der Waals surface area contributed by atoms with Crippen molar-refractivity contribution in [1.82, 2.24) is 71.9 Å². The van der Waals surface area contributed by atoms with Gasteiger partial charge in [-0.25, -0.2) is 44.5 Å². The Labute approximate surface area is 955 Å². The first-order chi connectivity index (χ1) is 68.4. The maximum absolute atomic E-state index is 14.0. The zero-order valence-corrected chi connectivity index (χ0v) is 94.9. The van der Waals surface area contributed by atoms with Gasteiger partial charge in [0.25, 0.3) is 33.0 Å². The molecule has 9 aromatic heterocycles. The number of carbonyl (C=O) groups is 4. The number of aromatic amines is 1. The average molecular weight is 2230 g/mol. The van der Waals surface area contributed by atoms with Crippen molar-refractivity contribution in [2.24, 2.45) is 0 Å². The number of piperidine rings is 3. The Morgan fingerprint density at radius 2 is 0.799 bits per heavy atom. The number of hydrogen-bond donors (Lipinski definition) is 2. The second-order valence-electron chi connectivity index (χ2n) is 35.8. The Morgan fingerprint density at radius 1 is 0.472 bits per heavy atom. The van der Waals surface area contributed by atoms with E-state index in [4.69, 9.17) is 67.9 Å². The van der Waals surface area contributed by atoms with E-state index in [-0.39, 0.29) is 205 Å². The fourth-order valence-electron chi connectivity index (χ4n) is 17.9. The zero-order valence-electron chi connectivity index (χ0n) is 81.7. The molecule has 6 saturated heterocycles. The Hall–Kier alpha value is -10.7. The number of nitriles is 3. The van der Waals surface area contributed by atoms with Gasteiger partial charge in [0.15, 0.2) is 11.3 Å². The molecule has 0 spiro atoms. The summed E-state index contributed by atoms with van der Waals surface area (Å²) in [5.41, 5.74) is 12.1. The van der Waals surface area contributed by atoms with Crippen LogP contribution in [-0.4, -0.2) is 237 Å². The van der Waals surface area contributed by atoms with Crippen molar-refractivity contribution in [2.75, 3.05) is 93.0 Å². The molecule has 144 heavy (non-hydrogen) atoms. The van der Waals surface area contributed by atoms with Crippen LogP contribution in [0.25, 0.3) is 99.9 Å². The summed E-state index contributed by atoms with van der Waals surface area (Å²) in [5, 5.41) is 61.6. The summed E-state index contributed by atoms with van der Waals surface area (Å²) in [4.78, 5) is 64.3. The van der Waals surface area contributed by atoms with Gasteiger partial charge >= 0.3 is 144 Å². The van der Waals surface area contributed by atoms with E-state index in [0.717, 1.165) is 159 Å². The quantitative estimate of drug-likeness (QED) is 0.0407. The predicted molar refractivity (Wildman–Crippen MR) is 530 cm³/mol. The molecular formula is C104H114Cs2N18O18S2. The number of carbonyl (C=O) groups excluding carboxylic acids is 3. The first-order valence-electron chi connectivity index (χ1n) is 46.5. The molecule has 0 atom stereocenters. The molecule has 40 heteroatoms. The van der Waals surface area contributed by atoms with E-state index in [1.54, 1.807) is 121 Å². The molecule has 20 rings (SSSR count). The van der Waals surface area contributed by atoms with Crippen LogP contribution in [-0.2, 0) is 58.3 Å². The normalized spacial score (nSPS) is 15.8. The molecule has 36 nitrogen and oxygen atoms in total. The number of nitrogens with one attached hydrogen (secondary N) is 1. The number of hydrogen-bond acceptors (Lipinski definition) is 28. The maximum atomic E-state index is 14.0. The van der Waals surface area contributed by atoms with Crippen LogP contribution in [0.1, 0.15) is 141 Å². The number of nitrogens with zero attached hydrogens (tertiary/aromatic N) is 17. The summed E-state index contributed by atoms with van der Waals surface area (Å²) in [6.07, 6.45) is 32.3. The summed E-state index contributed by atoms with van der Waals surface area (Å²) in [7, 11) is -3.65. The summed E-state index contributed by atoms with van der Waals surface area (Å²) >= 11 is 0. The van der Waals surface area contributed by atoms with Crippen molar-refractivity contribution in [3.63, 3.8) is 0 Å². The number of ether oxygens (including phenoxy) is 7. The number of pyridine rings is 3. The first-order valence-corrected chi connectivity index (χ1v) is 49.3. The van der Waals surface area contributed by atoms with Crippen molar-refractivity contribution in [2.45, 2.75) is 157 Å². The molecule has 6 aliphatic rings. The van der Waals surface area contributed by atoms with E-state index >= 15 is 0 Å². The maximum Gasteiger partial charge on any atom is 1.00 e. The van der Waals surface area contributed by atoms with Crippen LogP contribution < -0.4 is 157 Å². The van der Waals surface area contributed by atoms with Crippen LogP contribution in [0.5, 0.6) is 17.2 Å². The number of H-pyrrole nitrogens is 1. The Balaban J connectivity index is 0.000000198. The molecule has 6 aliphatic heterocycles. The summed E-state index contributed by atoms with van der Waals surface area (Å²) in [5.74, 6) is 1.62. The van der Waals surface area contributed by atoms with Crippen LogP contribution in [0.15, 0.2) is 218 Å². The van der Waals surface area contributed by atoms with Gasteiger partial charge in [-0.05, 0) is 195 Å². The van der Waals surface area contributed by atoms with E-state index < -0.39 is 25.6 Å². The smallest absolute Gasteiger partial charge is 1.00 e. The fourth-order valence-corrected chi connectivity index (χ4v) is 20.6. The van der Waals surface area contributed by atoms with Crippen molar-refractivity contribution >= 4 is 79.0 Å². The van der Waals surface area contributed by atoms with E-state index in [1.165, 1.54) is 7.94 Å². The van der Waals surface area contributed by atoms with Crippen LogP contribution in [0.4, 0.5) is 4.79 Å². The third-order valence-electron chi connectivity index (χ3n) is 25.4. The van der Waals surface area contributed by atoms with Crippen molar-refractivity contribution in [3.05, 3.63) is 225 Å². The Morgan fingerprint density at radius 3 is 1.13 bits per heavy atom. The summed E-state index contributed by atoms with van der Waals surface area (Å²) < 4.78 is 105. The molecule has 1 amide bonds. The molecule has 742 valence electrons. The van der Waals surface area contributed by atoms with E-state index in [2.05, 4.69) is 89.2 Å². The fraction of sp³-hybridized carbons (Fsp3) is 0.356. The largest absolute Gasteiger partial charge is 1.00 e. The number of fused-ring (bicyclic) bond motifs is 3. The second-order valence-corrected chi connectivity index (χ2v) is 39.4. The molecule has 14 aromatic rings. The first kappa shape index (κ1) is 112. The monoisotopic (exact) mass is 2230 g/mol. The minimum Gasteiger partial charge on any atom is -1.00 e. The standard InChI is InChI=1S/C38H40N6O6S.C34H34N6O4S.C28H30N6O2.CH2O3.CH2O2.CH2O.CH4.2Cs.H/c1-38(2,3)50-37(45)42-15-11-30(12-16-42)43-24-29(23-41-43)28-20-33-34(25-44(36(33)40-22-28)51(46,47)32-7-5-4-6-8-32)26-9-10-35(27(19-26)21-39)49-31-13-17-48-18-14-31;1-38-13-9-28(10-14-38)39-22-27(21-37-39)26-18-31-32(23-40(34(31)36-20-26)45(41,42)30-5-3-2-4-6-30)24-7-8-33(25(17-24)19-35)44-29-11-15-43-16-12-29;1-33-8-4-23(5-9-33)34-18-22(16-32-34)21-13-25-26(17-31-28(25)30-15-21)19-2-3-27(20(12-19)14-29)36-24-6-10-35-11-7-24;2-1-4-3;2-1-3;1-2;;;;/h4-10,19-20,22-25,30-31H,11-18H2,1-3H3;2-8,17-18,20-23,28-29H,9-16H2,1H3;2-3,12-13,15-18,23-24H,4-11H2,1H3,(H,30,31);1,3H;1H,(H,2,3);1H2;1H4;;;/q;;;;;;;2*+1;-1/p-1. The zero-order chi connectivity index (χ0) is 99.3. The number of aromatic nitrogens is 12. The van der Waals surface area contributed by atoms with Crippen LogP contribution in [0.3, 0.4) is 0 Å². The molecule has 0 bridgehead atoms. The van der Waals surface area contributed by atoms with Crippen LogP contribution in [0, 0.1) is 34.0 Å². The molecule has 5 aromatic carbocycles. The van der Waals surface area contributed by atoms with Crippen molar-refractivity contribution in [1.29, 1.82) is 15.8 Å². The summed E-state index contributed by atoms with van der Waals surface area (Å²) in [6.45, 7) is 16.4. The third-order valence-corrected chi connectivity index (χ3v) is 28.8. The summed E-state index contributed by atoms with van der Waals surface area (Å²) in [6, 6.07) is 46.9. The van der Waals surface area contributed by atoms with Gasteiger partial charge in [0, 0.05) is 174 Å². The Bertz CT molecular complexity index is 7080. The van der Waals surface area contributed by atoms with Crippen LogP contribution >= 0.6 is 0 Å². The van der Waals surface area contributed by atoms with Gasteiger partial charge in [0.05, 0.1) is 103 Å². The molecule has 0 radical (unpaired) electrons. The molecule has 6 fully saturated rings. The molecule has 2 N–H and O–H groups in total. The molecule has 0 unspecified atom stereocenters. The van der Waals surface area contributed by atoms with E-state index in [9.17, 15) is 37.4 Å². The second kappa shape index (κ2) is 52.6. The topological polar surface area (TPSA) is 453 Å². The van der Waals surface area contributed by atoms with Gasteiger partial charge in [-0.2, -0.15) is 31.1 Å². The van der Waals surface area contributed by atoms with Crippen molar-refractivity contribution in [3.8, 4) is 102 Å². The molecule has 15 heterocycles. The molecule has 0 aliphatic carbocycles.